The third-order valence-corrected chi connectivity index (χ3v) is 2.98. The van der Waals surface area contributed by atoms with Gasteiger partial charge in [-0.3, -0.25) is 0 Å². The Bertz CT molecular complexity index is 430. The normalized spacial score (nSPS) is 14.0. The molecule has 120 valence electrons. The predicted molar refractivity (Wildman–Crippen MR) is 75.2 cm³/mol. The molecule has 3 nitrogen and oxygen atoms in total. The van der Waals surface area contributed by atoms with E-state index in [0.717, 1.165) is 5.56 Å². The number of nitrogens with one attached hydrogen (secondary N) is 1. The number of alkyl halides is 3. The average molecular weight is 305 g/mol. The van der Waals surface area contributed by atoms with Crippen molar-refractivity contribution in [2.24, 2.45) is 0 Å². The second-order valence-electron chi connectivity index (χ2n) is 5.41. The summed E-state index contributed by atoms with van der Waals surface area (Å²) in [6.07, 6.45) is -4.66. The van der Waals surface area contributed by atoms with Crippen LogP contribution in [0, 0.1) is 0 Å². The van der Waals surface area contributed by atoms with Gasteiger partial charge in [0, 0.05) is 19.2 Å². The molecular weight excluding hydrogens is 283 g/mol. The van der Waals surface area contributed by atoms with Gasteiger partial charge in [-0.1, -0.05) is 12.1 Å². The van der Waals surface area contributed by atoms with Crippen LogP contribution in [-0.2, 0) is 4.74 Å². The molecule has 0 radical (unpaired) electrons. The van der Waals surface area contributed by atoms with Crippen LogP contribution in [0.15, 0.2) is 24.3 Å². The van der Waals surface area contributed by atoms with Crippen molar-refractivity contribution in [3.63, 3.8) is 0 Å². The second-order valence-corrected chi connectivity index (χ2v) is 5.41. The van der Waals surface area contributed by atoms with Gasteiger partial charge in [0.05, 0.1) is 5.60 Å². The molecule has 0 amide bonds. The van der Waals surface area contributed by atoms with Crippen molar-refractivity contribution >= 4 is 0 Å². The number of rotatable bonds is 7. The largest absolute Gasteiger partial charge is 0.573 e. The van der Waals surface area contributed by atoms with Crippen molar-refractivity contribution in [1.82, 2.24) is 5.32 Å². The maximum Gasteiger partial charge on any atom is 0.573 e. The van der Waals surface area contributed by atoms with Crippen molar-refractivity contribution in [3.8, 4) is 5.75 Å². The first-order valence-corrected chi connectivity index (χ1v) is 6.86. The molecule has 0 saturated carbocycles. The molecule has 6 heteroatoms. The molecule has 0 aromatic heterocycles. The lowest BCUT2D eigenvalue weighted by Gasteiger charge is -2.27. The lowest BCUT2D eigenvalue weighted by molar-refractivity contribution is -0.274. The smallest absolute Gasteiger partial charge is 0.406 e. The van der Waals surface area contributed by atoms with E-state index in [1.165, 1.54) is 12.1 Å². The predicted octanol–water partition coefficient (Wildman–Crippen LogP) is 4.05. The van der Waals surface area contributed by atoms with Gasteiger partial charge in [-0.2, -0.15) is 0 Å². The van der Waals surface area contributed by atoms with Crippen LogP contribution >= 0.6 is 0 Å². The lowest BCUT2D eigenvalue weighted by atomic mass is 10.1. The van der Waals surface area contributed by atoms with Gasteiger partial charge in [0.2, 0.25) is 0 Å². The zero-order valence-corrected chi connectivity index (χ0v) is 12.8. The molecule has 1 unspecified atom stereocenters. The fraction of sp³-hybridized carbons (Fsp3) is 0.600. The summed E-state index contributed by atoms with van der Waals surface area (Å²) in [6, 6.07) is 5.87. The van der Waals surface area contributed by atoms with E-state index in [-0.39, 0.29) is 17.4 Å². The summed E-state index contributed by atoms with van der Waals surface area (Å²) in [6.45, 7) is 9.12. The quantitative estimate of drug-likeness (QED) is 0.824. The van der Waals surface area contributed by atoms with Crippen molar-refractivity contribution in [2.45, 2.75) is 45.7 Å². The molecule has 1 aromatic rings. The molecule has 1 N–H and O–H groups in total. The molecule has 0 heterocycles. The first-order chi connectivity index (χ1) is 9.63. The minimum absolute atomic E-state index is 0.00432. The minimum atomic E-state index is -4.66. The van der Waals surface area contributed by atoms with Gasteiger partial charge in [-0.25, -0.2) is 0 Å². The van der Waals surface area contributed by atoms with Crippen molar-refractivity contribution in [3.05, 3.63) is 29.8 Å². The molecule has 0 spiro atoms. The van der Waals surface area contributed by atoms with Crippen LogP contribution < -0.4 is 10.1 Å². The van der Waals surface area contributed by atoms with Crippen LogP contribution in [0.25, 0.3) is 0 Å². The van der Waals surface area contributed by atoms with E-state index < -0.39 is 6.36 Å². The molecule has 1 aromatic carbocycles. The number of halogens is 3. The number of ether oxygens (including phenoxy) is 2. The first kappa shape index (κ1) is 17.8. The molecule has 0 bridgehead atoms. The monoisotopic (exact) mass is 305 g/mol. The van der Waals surface area contributed by atoms with Crippen LogP contribution in [0.3, 0.4) is 0 Å². The van der Waals surface area contributed by atoms with E-state index in [0.29, 0.717) is 13.2 Å². The Morgan fingerprint density at radius 1 is 1.14 bits per heavy atom. The highest BCUT2D eigenvalue weighted by atomic mass is 19.4. The highest BCUT2D eigenvalue weighted by molar-refractivity contribution is 5.29. The van der Waals surface area contributed by atoms with Gasteiger partial charge in [-0.15, -0.1) is 13.2 Å². The summed E-state index contributed by atoms with van der Waals surface area (Å²) in [5.41, 5.74) is 0.597. The molecule has 21 heavy (non-hydrogen) atoms. The minimum Gasteiger partial charge on any atom is -0.406 e. The molecule has 0 aliphatic rings. The van der Waals surface area contributed by atoms with Gasteiger partial charge in [0.1, 0.15) is 5.75 Å². The SMILES string of the molecule is CCOC(C)(C)CNC(C)c1ccc(OC(F)(F)F)cc1. The molecule has 0 fully saturated rings. The molecule has 0 saturated heterocycles. The maximum absolute atomic E-state index is 12.1. The van der Waals surface area contributed by atoms with Crippen LogP contribution in [-0.4, -0.2) is 25.1 Å². The second kappa shape index (κ2) is 7.13. The Morgan fingerprint density at radius 2 is 1.71 bits per heavy atom. The van der Waals surface area contributed by atoms with E-state index in [1.807, 2.05) is 27.7 Å². The summed E-state index contributed by atoms with van der Waals surface area (Å²) >= 11 is 0. The Kier molecular flexibility index (Phi) is 6.04. The van der Waals surface area contributed by atoms with Crippen LogP contribution in [0.2, 0.25) is 0 Å². The third kappa shape index (κ3) is 6.82. The summed E-state index contributed by atoms with van der Waals surface area (Å²) in [5, 5.41) is 3.30. The molecule has 1 atom stereocenters. The fourth-order valence-electron chi connectivity index (χ4n) is 1.92. The lowest BCUT2D eigenvalue weighted by Crippen LogP contribution is -2.38. The number of benzene rings is 1. The standard InChI is InChI=1S/C15H22F3NO2/c1-5-20-14(3,4)10-19-11(2)12-6-8-13(9-7-12)21-15(16,17)18/h6-9,11,19H,5,10H2,1-4H3. The molecule has 0 aliphatic carbocycles. The Balaban J connectivity index is 2.57. The average Bonchev–Trinajstić information content (AvgIpc) is 2.35. The van der Waals surface area contributed by atoms with Gasteiger partial charge >= 0.3 is 6.36 Å². The zero-order chi connectivity index (χ0) is 16.1. The van der Waals surface area contributed by atoms with E-state index in [2.05, 4.69) is 10.1 Å². The van der Waals surface area contributed by atoms with Crippen LogP contribution in [0.4, 0.5) is 13.2 Å². The van der Waals surface area contributed by atoms with Gasteiger partial charge in [0.25, 0.3) is 0 Å². The van der Waals surface area contributed by atoms with Crippen molar-refractivity contribution in [2.75, 3.05) is 13.2 Å². The molecule has 0 aliphatic heterocycles. The summed E-state index contributed by atoms with van der Waals surface area (Å²) in [4.78, 5) is 0. The highest BCUT2D eigenvalue weighted by Crippen LogP contribution is 2.24. The topological polar surface area (TPSA) is 30.5 Å². The third-order valence-electron chi connectivity index (χ3n) is 2.98. The summed E-state index contributed by atoms with van der Waals surface area (Å²) in [5.74, 6) is -0.215. The molecule has 1 rings (SSSR count). The summed E-state index contributed by atoms with van der Waals surface area (Å²) in [7, 11) is 0. The fourth-order valence-corrected chi connectivity index (χ4v) is 1.92. The van der Waals surface area contributed by atoms with Crippen molar-refractivity contribution in [1.29, 1.82) is 0 Å². The van der Waals surface area contributed by atoms with E-state index >= 15 is 0 Å². The van der Waals surface area contributed by atoms with Gasteiger partial charge in [0.15, 0.2) is 0 Å². The number of hydrogen-bond acceptors (Lipinski definition) is 3. The van der Waals surface area contributed by atoms with Crippen LogP contribution in [0.5, 0.6) is 5.75 Å². The van der Waals surface area contributed by atoms with Crippen molar-refractivity contribution < 1.29 is 22.6 Å². The first-order valence-electron chi connectivity index (χ1n) is 6.86. The highest BCUT2D eigenvalue weighted by Gasteiger charge is 2.31. The number of hydrogen-bond donors (Lipinski definition) is 1. The maximum atomic E-state index is 12.1. The Hall–Kier alpha value is -1.27. The van der Waals surface area contributed by atoms with E-state index in [9.17, 15) is 13.2 Å². The van der Waals surface area contributed by atoms with E-state index in [4.69, 9.17) is 4.74 Å². The van der Waals surface area contributed by atoms with Gasteiger partial charge in [-0.05, 0) is 45.4 Å². The Labute approximate surface area is 123 Å². The zero-order valence-electron chi connectivity index (χ0n) is 12.8. The molecular formula is C15H22F3NO2. The van der Waals surface area contributed by atoms with Crippen LogP contribution in [0.1, 0.15) is 39.3 Å². The van der Waals surface area contributed by atoms with Gasteiger partial charge < -0.3 is 14.8 Å². The Morgan fingerprint density at radius 3 is 2.19 bits per heavy atom. The summed E-state index contributed by atoms with van der Waals surface area (Å²) < 4.78 is 45.7. The van der Waals surface area contributed by atoms with E-state index in [1.54, 1.807) is 12.1 Å².